The van der Waals surface area contributed by atoms with Crippen LogP contribution >= 0.6 is 0 Å². The highest BCUT2D eigenvalue weighted by atomic mass is 19.4. The SMILES string of the molecule is Nc1nc(C(F)(F)C(F)(F)C(F)(F)C(F)(F)C(F)(F)C(F)(F)C(F)(F)F)no1. The van der Waals surface area contributed by atoms with E-state index in [-0.39, 0.29) is 0 Å². The fraction of sp³-hybridized carbons (Fsp3) is 0.778. The number of aromatic nitrogens is 2. The first-order chi connectivity index (χ1) is 12.0. The lowest BCUT2D eigenvalue weighted by atomic mass is 9.91. The van der Waals surface area contributed by atoms with Gasteiger partial charge in [0.25, 0.3) is 0 Å². The molecule has 0 atom stereocenters. The molecule has 0 aliphatic carbocycles. The van der Waals surface area contributed by atoms with Crippen molar-refractivity contribution in [1.82, 2.24) is 10.1 Å². The molecule has 0 saturated heterocycles. The van der Waals surface area contributed by atoms with Crippen LogP contribution in [0.25, 0.3) is 0 Å². The van der Waals surface area contributed by atoms with Crippen LogP contribution in [0.3, 0.4) is 0 Å². The zero-order chi connectivity index (χ0) is 22.8. The molecule has 0 fully saturated rings. The monoisotopic (exact) mass is 453 g/mol. The van der Waals surface area contributed by atoms with Crippen LogP contribution in [0.4, 0.5) is 71.9 Å². The number of nitrogens with two attached hydrogens (primary N) is 1. The van der Waals surface area contributed by atoms with E-state index in [1.54, 1.807) is 0 Å². The number of hydrogen-bond donors (Lipinski definition) is 1. The Bertz CT molecular complexity index is 721. The average molecular weight is 453 g/mol. The second-order valence-corrected chi connectivity index (χ2v) is 4.90. The number of anilines is 1. The Balaban J connectivity index is 3.61. The van der Waals surface area contributed by atoms with Gasteiger partial charge in [-0.1, -0.05) is 5.16 Å². The Hall–Kier alpha value is -2.11. The van der Waals surface area contributed by atoms with Gasteiger partial charge in [-0.2, -0.15) is 70.8 Å². The minimum absolute atomic E-state index is 1.53. The van der Waals surface area contributed by atoms with Gasteiger partial charge in [-0.25, -0.2) is 0 Å². The fourth-order valence-corrected chi connectivity index (χ4v) is 1.47. The lowest BCUT2D eigenvalue weighted by Gasteiger charge is -2.40. The van der Waals surface area contributed by atoms with Gasteiger partial charge in [-0.15, -0.1) is 0 Å². The van der Waals surface area contributed by atoms with Crippen molar-refractivity contribution in [1.29, 1.82) is 0 Å². The number of nitrogens with zero attached hydrogens (tertiary/aromatic N) is 2. The first-order valence-corrected chi connectivity index (χ1v) is 5.93. The summed E-state index contributed by atoms with van der Waals surface area (Å²) in [5.41, 5.74) is 4.49. The number of hydrogen-bond acceptors (Lipinski definition) is 4. The van der Waals surface area contributed by atoms with Crippen LogP contribution in [0.1, 0.15) is 5.82 Å². The maximum absolute atomic E-state index is 13.4. The molecular weight excluding hydrogens is 451 g/mol. The highest BCUT2D eigenvalue weighted by Crippen LogP contribution is 2.63. The molecular formula is C9H2F15N3O. The van der Waals surface area contributed by atoms with Gasteiger partial charge in [0.15, 0.2) is 0 Å². The zero-order valence-electron chi connectivity index (χ0n) is 12.0. The van der Waals surface area contributed by atoms with Crippen LogP contribution in [-0.2, 0) is 5.92 Å². The van der Waals surface area contributed by atoms with Gasteiger partial charge in [-0.05, 0) is 0 Å². The third-order valence-electron chi connectivity index (χ3n) is 3.05. The van der Waals surface area contributed by atoms with Gasteiger partial charge in [0, 0.05) is 0 Å². The molecule has 1 rings (SSSR count). The summed E-state index contributed by atoms with van der Waals surface area (Å²) in [6.07, 6.45) is -7.66. The Kier molecular flexibility index (Phi) is 5.08. The lowest BCUT2D eigenvalue weighted by Crippen LogP contribution is -2.72. The molecule has 0 bridgehead atoms. The van der Waals surface area contributed by atoms with Crippen LogP contribution < -0.4 is 5.73 Å². The number of alkyl halides is 15. The van der Waals surface area contributed by atoms with Crippen molar-refractivity contribution in [2.45, 2.75) is 41.7 Å². The van der Waals surface area contributed by atoms with E-state index >= 15 is 0 Å². The van der Waals surface area contributed by atoms with E-state index in [9.17, 15) is 65.9 Å². The summed E-state index contributed by atoms with van der Waals surface area (Å²) < 4.78 is 197. The smallest absolute Gasteiger partial charge is 0.351 e. The molecule has 0 aromatic carbocycles. The number of halogens is 15. The maximum atomic E-state index is 13.4. The largest absolute Gasteiger partial charge is 0.460 e. The molecule has 1 heterocycles. The molecule has 0 unspecified atom stereocenters. The first-order valence-electron chi connectivity index (χ1n) is 5.93. The van der Waals surface area contributed by atoms with E-state index in [4.69, 9.17) is 0 Å². The van der Waals surface area contributed by atoms with Gasteiger partial charge in [0.1, 0.15) is 0 Å². The van der Waals surface area contributed by atoms with Crippen LogP contribution in [-0.4, -0.2) is 45.9 Å². The van der Waals surface area contributed by atoms with Crippen LogP contribution in [0.5, 0.6) is 0 Å². The molecule has 0 saturated carbocycles. The molecule has 0 aliphatic rings. The lowest BCUT2D eigenvalue weighted by molar-refractivity contribution is -0.454. The fourth-order valence-electron chi connectivity index (χ4n) is 1.47. The summed E-state index contributed by atoms with van der Waals surface area (Å²) in [4.78, 5) is 2.07. The van der Waals surface area contributed by atoms with Crippen molar-refractivity contribution >= 4 is 6.01 Å². The molecule has 0 amide bonds. The third-order valence-corrected chi connectivity index (χ3v) is 3.05. The molecule has 1 aromatic heterocycles. The molecule has 19 heteroatoms. The van der Waals surface area contributed by atoms with Gasteiger partial charge in [0.2, 0.25) is 5.82 Å². The van der Waals surface area contributed by atoms with Crippen molar-refractivity contribution in [2.75, 3.05) is 5.73 Å². The summed E-state index contributed by atoms with van der Waals surface area (Å²) in [7, 11) is 0. The Morgan fingerprint density at radius 3 is 1.25 bits per heavy atom. The summed E-state index contributed by atoms with van der Waals surface area (Å²) in [5, 5.41) is 1.86. The van der Waals surface area contributed by atoms with E-state index < -0.39 is 53.6 Å². The quantitative estimate of drug-likeness (QED) is 0.646. The van der Waals surface area contributed by atoms with Gasteiger partial charge in [-0.3, -0.25) is 0 Å². The number of rotatable bonds is 6. The van der Waals surface area contributed by atoms with Crippen LogP contribution in [0, 0.1) is 0 Å². The van der Waals surface area contributed by atoms with Gasteiger partial charge < -0.3 is 10.3 Å². The standard InChI is InChI=1S/C9H2F15N3O/c10-3(11,1-26-2(25)28-27-1)4(12,13)5(14,15)6(16,17)7(18,19)8(20,21)9(22,23)24/h(H2,25,26,27). The molecule has 0 aliphatic heterocycles. The Morgan fingerprint density at radius 1 is 0.571 bits per heavy atom. The molecule has 4 nitrogen and oxygen atoms in total. The van der Waals surface area contributed by atoms with E-state index in [0.717, 1.165) is 0 Å². The van der Waals surface area contributed by atoms with E-state index in [1.807, 2.05) is 5.16 Å². The second-order valence-electron chi connectivity index (χ2n) is 4.90. The van der Waals surface area contributed by atoms with Crippen LogP contribution in [0.15, 0.2) is 4.52 Å². The minimum atomic E-state index is -8.37. The van der Waals surface area contributed by atoms with Gasteiger partial charge in [0.05, 0.1) is 0 Å². The first kappa shape index (κ1) is 23.9. The Labute approximate surface area is 141 Å². The van der Waals surface area contributed by atoms with Crippen molar-refractivity contribution in [3.05, 3.63) is 5.82 Å². The molecule has 2 N–H and O–H groups in total. The summed E-state index contributed by atoms with van der Waals surface area (Å²) in [5.74, 6) is -50.3. The predicted molar refractivity (Wildman–Crippen MR) is 53.4 cm³/mol. The van der Waals surface area contributed by atoms with Crippen molar-refractivity contribution in [3.8, 4) is 0 Å². The van der Waals surface area contributed by atoms with Gasteiger partial charge >= 0.3 is 47.7 Å². The summed E-state index contributed by atoms with van der Waals surface area (Å²) in [6.45, 7) is 0. The zero-order valence-corrected chi connectivity index (χ0v) is 12.0. The molecule has 0 spiro atoms. The Morgan fingerprint density at radius 2 is 0.929 bits per heavy atom. The molecule has 28 heavy (non-hydrogen) atoms. The highest BCUT2D eigenvalue weighted by Gasteiger charge is 2.93. The van der Waals surface area contributed by atoms with E-state index in [0.29, 0.717) is 0 Å². The molecule has 164 valence electrons. The molecule has 1 aromatic rings. The predicted octanol–water partition coefficient (Wildman–Crippen LogP) is 4.48. The topological polar surface area (TPSA) is 64.9 Å². The van der Waals surface area contributed by atoms with E-state index in [2.05, 4.69) is 15.2 Å². The van der Waals surface area contributed by atoms with Crippen LogP contribution in [0.2, 0.25) is 0 Å². The average Bonchev–Trinajstić information content (AvgIpc) is 2.92. The molecule has 0 radical (unpaired) electrons. The normalized spacial score (nSPS) is 15.8. The highest BCUT2D eigenvalue weighted by molar-refractivity contribution is 5.18. The van der Waals surface area contributed by atoms with Crippen molar-refractivity contribution < 1.29 is 70.4 Å². The number of nitrogen functional groups attached to an aromatic ring is 1. The van der Waals surface area contributed by atoms with Crippen molar-refractivity contribution in [3.63, 3.8) is 0 Å². The maximum Gasteiger partial charge on any atom is 0.460 e. The van der Waals surface area contributed by atoms with Crippen molar-refractivity contribution in [2.24, 2.45) is 0 Å². The summed E-state index contributed by atoms with van der Waals surface area (Å²) in [6, 6.07) is -1.53. The third kappa shape index (κ3) is 2.80. The second kappa shape index (κ2) is 5.94. The summed E-state index contributed by atoms with van der Waals surface area (Å²) >= 11 is 0. The minimum Gasteiger partial charge on any atom is -0.351 e. The van der Waals surface area contributed by atoms with E-state index in [1.165, 1.54) is 0 Å².